The Balaban J connectivity index is 0.00000338. The Hall–Kier alpha value is -1.75. The number of hydrogen-bond donors (Lipinski definition) is 2. The highest BCUT2D eigenvalue weighted by Gasteiger charge is 2.10. The highest BCUT2D eigenvalue weighted by atomic mass is 127. The van der Waals surface area contributed by atoms with Crippen LogP contribution in [0.2, 0.25) is 0 Å². The first-order valence-electron chi connectivity index (χ1n) is 7.93. The summed E-state index contributed by atoms with van der Waals surface area (Å²) < 4.78 is 12.9. The highest BCUT2D eigenvalue weighted by molar-refractivity contribution is 14.0. The molecule has 0 aliphatic rings. The molecule has 0 atom stereocenters. The maximum Gasteiger partial charge on any atom is 0.246 e. The van der Waals surface area contributed by atoms with Crippen molar-refractivity contribution in [1.82, 2.24) is 15.2 Å². The number of halogens is 2. The molecule has 142 valence electrons. The molecule has 0 aliphatic heterocycles. The van der Waals surface area contributed by atoms with Gasteiger partial charge in [0.1, 0.15) is 12.4 Å². The summed E-state index contributed by atoms with van der Waals surface area (Å²) in [5.41, 5.74) is 1.50. The molecule has 1 heterocycles. The third-order valence-corrected chi connectivity index (χ3v) is 4.08. The number of guanidine groups is 1. The quantitative estimate of drug-likeness (QED) is 0.370. The average molecular weight is 491 g/mol. The smallest absolute Gasteiger partial charge is 0.246 e. The molecule has 0 radical (unpaired) electrons. The number of nitrogens with zero attached hydrogens (tertiary/aromatic N) is 3. The molecular formula is C17H23FIN5OS. The molecular weight excluding hydrogens is 468 g/mol. The second kappa shape index (κ2) is 11.1. The Labute approximate surface area is 173 Å². The second-order valence-electron chi connectivity index (χ2n) is 5.44. The van der Waals surface area contributed by atoms with E-state index in [1.807, 2.05) is 31.2 Å². The van der Waals surface area contributed by atoms with Crippen LogP contribution in [0.4, 0.5) is 10.1 Å². The minimum absolute atomic E-state index is 0. The minimum atomic E-state index is -0.343. The Bertz CT molecular complexity index is 735. The van der Waals surface area contributed by atoms with Crippen LogP contribution in [0.3, 0.4) is 0 Å². The van der Waals surface area contributed by atoms with Gasteiger partial charge < -0.3 is 15.5 Å². The fourth-order valence-corrected chi connectivity index (χ4v) is 2.75. The molecule has 2 aromatic rings. The molecule has 0 aliphatic carbocycles. The molecule has 0 bridgehead atoms. The zero-order valence-corrected chi connectivity index (χ0v) is 18.1. The summed E-state index contributed by atoms with van der Waals surface area (Å²) in [5, 5.41) is 8.88. The van der Waals surface area contributed by atoms with E-state index in [1.54, 1.807) is 11.3 Å². The van der Waals surface area contributed by atoms with Crippen LogP contribution in [-0.2, 0) is 11.3 Å². The molecule has 0 saturated carbocycles. The molecule has 0 unspecified atom stereocenters. The summed E-state index contributed by atoms with van der Waals surface area (Å²) in [6, 6.07) is 5.62. The van der Waals surface area contributed by atoms with Crippen molar-refractivity contribution < 1.29 is 9.18 Å². The Kier molecular flexibility index (Phi) is 9.49. The number of thiazole rings is 1. The van der Waals surface area contributed by atoms with Gasteiger partial charge in [0, 0.05) is 24.7 Å². The van der Waals surface area contributed by atoms with Crippen molar-refractivity contribution in [3.8, 4) is 0 Å². The summed E-state index contributed by atoms with van der Waals surface area (Å²) in [6.07, 6.45) is 0. The van der Waals surface area contributed by atoms with Crippen LogP contribution in [0.5, 0.6) is 0 Å². The van der Waals surface area contributed by atoms with E-state index < -0.39 is 0 Å². The first kappa shape index (κ1) is 22.3. The van der Waals surface area contributed by atoms with Gasteiger partial charge in [0.2, 0.25) is 5.91 Å². The molecule has 1 aromatic carbocycles. The van der Waals surface area contributed by atoms with Crippen molar-refractivity contribution in [2.45, 2.75) is 20.4 Å². The average Bonchev–Trinajstić information content (AvgIpc) is 2.98. The third-order valence-electron chi connectivity index (χ3n) is 3.26. The Morgan fingerprint density at radius 1 is 1.35 bits per heavy atom. The molecule has 1 aromatic heterocycles. The Morgan fingerprint density at radius 2 is 2.04 bits per heavy atom. The monoisotopic (exact) mass is 491 g/mol. The van der Waals surface area contributed by atoms with E-state index in [0.717, 1.165) is 10.7 Å². The number of anilines is 1. The lowest BCUT2D eigenvalue weighted by Crippen LogP contribution is -2.39. The molecule has 0 spiro atoms. The van der Waals surface area contributed by atoms with Crippen molar-refractivity contribution in [2.75, 3.05) is 25.5 Å². The number of aromatic nitrogens is 1. The van der Waals surface area contributed by atoms with E-state index in [4.69, 9.17) is 0 Å². The molecule has 2 rings (SSSR count). The number of aliphatic imine (C=N–C) groups is 1. The summed E-state index contributed by atoms with van der Waals surface area (Å²) in [7, 11) is 1.90. The lowest BCUT2D eigenvalue weighted by Gasteiger charge is -2.21. The summed E-state index contributed by atoms with van der Waals surface area (Å²) in [6.45, 7) is 5.21. The normalized spacial score (nSPS) is 10.8. The summed E-state index contributed by atoms with van der Waals surface area (Å²) in [5.74, 6) is 0.0201. The van der Waals surface area contributed by atoms with Crippen molar-refractivity contribution in [1.29, 1.82) is 0 Å². The SMILES string of the molecule is CCNC(=NCC(=O)Nc1ccc(F)cc1)N(C)Cc1csc(C)n1.I. The van der Waals surface area contributed by atoms with Crippen LogP contribution in [0.15, 0.2) is 34.6 Å². The van der Waals surface area contributed by atoms with Gasteiger partial charge in [-0.15, -0.1) is 35.3 Å². The lowest BCUT2D eigenvalue weighted by atomic mass is 10.3. The van der Waals surface area contributed by atoms with E-state index in [2.05, 4.69) is 20.6 Å². The lowest BCUT2D eigenvalue weighted by molar-refractivity contribution is -0.114. The largest absolute Gasteiger partial charge is 0.357 e. The number of nitrogens with one attached hydrogen (secondary N) is 2. The van der Waals surface area contributed by atoms with E-state index in [1.165, 1.54) is 24.3 Å². The predicted molar refractivity (Wildman–Crippen MR) is 115 cm³/mol. The zero-order valence-electron chi connectivity index (χ0n) is 15.0. The van der Waals surface area contributed by atoms with E-state index in [-0.39, 0.29) is 42.2 Å². The second-order valence-corrected chi connectivity index (χ2v) is 6.50. The van der Waals surface area contributed by atoms with Gasteiger partial charge >= 0.3 is 0 Å². The van der Waals surface area contributed by atoms with Crippen molar-refractivity contribution in [2.24, 2.45) is 4.99 Å². The molecule has 1 amide bonds. The topological polar surface area (TPSA) is 69.6 Å². The van der Waals surface area contributed by atoms with E-state index >= 15 is 0 Å². The number of hydrogen-bond acceptors (Lipinski definition) is 4. The minimum Gasteiger partial charge on any atom is -0.357 e. The van der Waals surface area contributed by atoms with Gasteiger partial charge in [0.25, 0.3) is 0 Å². The number of aryl methyl sites for hydroxylation is 1. The number of carbonyl (C=O) groups is 1. The van der Waals surface area contributed by atoms with Gasteiger partial charge in [-0.25, -0.2) is 14.4 Å². The van der Waals surface area contributed by atoms with Crippen LogP contribution >= 0.6 is 35.3 Å². The van der Waals surface area contributed by atoms with Gasteiger partial charge in [-0.05, 0) is 38.1 Å². The molecule has 0 fully saturated rings. The number of amides is 1. The highest BCUT2D eigenvalue weighted by Crippen LogP contribution is 2.10. The van der Waals surface area contributed by atoms with Crippen molar-refractivity contribution in [3.63, 3.8) is 0 Å². The van der Waals surface area contributed by atoms with Gasteiger partial charge in [-0.2, -0.15) is 0 Å². The van der Waals surface area contributed by atoms with Crippen LogP contribution in [-0.4, -0.2) is 41.9 Å². The first-order valence-corrected chi connectivity index (χ1v) is 8.81. The molecule has 6 nitrogen and oxygen atoms in total. The van der Waals surface area contributed by atoms with Crippen LogP contribution in [0.25, 0.3) is 0 Å². The van der Waals surface area contributed by atoms with E-state index in [9.17, 15) is 9.18 Å². The molecule has 9 heteroatoms. The van der Waals surface area contributed by atoms with Gasteiger partial charge in [0.15, 0.2) is 5.96 Å². The number of carbonyl (C=O) groups excluding carboxylic acids is 1. The summed E-state index contributed by atoms with van der Waals surface area (Å²) >= 11 is 1.60. The maximum atomic E-state index is 12.9. The van der Waals surface area contributed by atoms with Crippen molar-refractivity contribution >= 4 is 52.9 Å². The number of rotatable bonds is 6. The molecule has 0 saturated heterocycles. The predicted octanol–water partition coefficient (Wildman–Crippen LogP) is 3.24. The zero-order chi connectivity index (χ0) is 18.2. The molecule has 26 heavy (non-hydrogen) atoms. The third kappa shape index (κ3) is 7.24. The number of benzene rings is 1. The maximum absolute atomic E-state index is 12.9. The van der Waals surface area contributed by atoms with E-state index in [0.29, 0.717) is 24.7 Å². The van der Waals surface area contributed by atoms with Crippen LogP contribution < -0.4 is 10.6 Å². The fourth-order valence-electron chi connectivity index (χ4n) is 2.15. The van der Waals surface area contributed by atoms with Gasteiger partial charge in [-0.3, -0.25) is 4.79 Å². The standard InChI is InChI=1S/C17H22FN5OS.HI/c1-4-19-17(23(3)10-15-11-25-12(2)21-15)20-9-16(24)22-14-7-5-13(18)6-8-14;/h5-8,11H,4,9-10H2,1-3H3,(H,19,20)(H,22,24);1H. The summed E-state index contributed by atoms with van der Waals surface area (Å²) in [4.78, 5) is 22.7. The van der Waals surface area contributed by atoms with Gasteiger partial charge in [-0.1, -0.05) is 0 Å². The molecule has 2 N–H and O–H groups in total. The fraction of sp³-hybridized carbons (Fsp3) is 0.353. The first-order chi connectivity index (χ1) is 12.0. The Morgan fingerprint density at radius 3 is 2.62 bits per heavy atom. The van der Waals surface area contributed by atoms with Crippen molar-refractivity contribution in [3.05, 3.63) is 46.2 Å². The van der Waals surface area contributed by atoms with Gasteiger partial charge in [0.05, 0.1) is 17.2 Å². The van der Waals surface area contributed by atoms with Crippen LogP contribution in [0.1, 0.15) is 17.6 Å². The van der Waals surface area contributed by atoms with Crippen LogP contribution in [0, 0.1) is 12.7 Å².